The molecule has 1 unspecified atom stereocenters. The normalized spacial score (nSPS) is 12.7. The zero-order valence-electron chi connectivity index (χ0n) is 12.5. The lowest BCUT2D eigenvalue weighted by Gasteiger charge is -2.08. The topological polar surface area (TPSA) is 74.2 Å². The standard InChI is InChI=1S/C15H20FN3O2/c1-9(2)6-12(17)15-18-14(21-19-15)8-20-13-7-10(3)4-5-11(13)16/h4-5,7,9,12H,6,8,17H2,1-3H3. The fourth-order valence-electron chi connectivity index (χ4n) is 1.95. The Hall–Kier alpha value is -1.95. The third-order valence-corrected chi connectivity index (χ3v) is 2.98. The van der Waals surface area contributed by atoms with Gasteiger partial charge in [0.1, 0.15) is 0 Å². The summed E-state index contributed by atoms with van der Waals surface area (Å²) in [6.07, 6.45) is 0.770. The number of nitrogens with zero attached hydrogens (tertiary/aromatic N) is 2. The number of nitrogens with two attached hydrogens (primary N) is 1. The van der Waals surface area contributed by atoms with E-state index >= 15 is 0 Å². The number of hydrogen-bond donors (Lipinski definition) is 1. The third-order valence-electron chi connectivity index (χ3n) is 2.98. The lowest BCUT2D eigenvalue weighted by Crippen LogP contribution is -2.14. The lowest BCUT2D eigenvalue weighted by atomic mass is 10.0. The van der Waals surface area contributed by atoms with Crippen LogP contribution in [-0.2, 0) is 6.61 Å². The molecule has 0 aliphatic carbocycles. The minimum absolute atomic E-state index is 0.0156. The molecule has 1 heterocycles. The van der Waals surface area contributed by atoms with Crippen molar-refractivity contribution in [2.75, 3.05) is 0 Å². The van der Waals surface area contributed by atoms with Crippen LogP contribution >= 0.6 is 0 Å². The molecule has 1 aromatic heterocycles. The van der Waals surface area contributed by atoms with Crippen LogP contribution in [-0.4, -0.2) is 10.1 Å². The quantitative estimate of drug-likeness (QED) is 0.885. The second-order valence-electron chi connectivity index (χ2n) is 5.50. The maximum atomic E-state index is 13.5. The van der Waals surface area contributed by atoms with Gasteiger partial charge in [-0.3, -0.25) is 0 Å². The molecule has 0 spiro atoms. The van der Waals surface area contributed by atoms with E-state index in [1.54, 1.807) is 12.1 Å². The molecule has 114 valence electrons. The maximum absolute atomic E-state index is 13.5. The molecule has 1 atom stereocenters. The fourth-order valence-corrected chi connectivity index (χ4v) is 1.95. The summed E-state index contributed by atoms with van der Waals surface area (Å²) in [4.78, 5) is 4.18. The van der Waals surface area contributed by atoms with Crippen LogP contribution < -0.4 is 10.5 Å². The summed E-state index contributed by atoms with van der Waals surface area (Å²) >= 11 is 0. The molecule has 0 aliphatic rings. The molecular weight excluding hydrogens is 273 g/mol. The molecule has 2 N–H and O–H groups in total. The Morgan fingerprint density at radius 2 is 2.14 bits per heavy atom. The monoisotopic (exact) mass is 293 g/mol. The van der Waals surface area contributed by atoms with Gasteiger partial charge in [-0.1, -0.05) is 25.1 Å². The number of rotatable bonds is 6. The van der Waals surface area contributed by atoms with Crippen molar-refractivity contribution < 1.29 is 13.7 Å². The SMILES string of the molecule is Cc1ccc(F)c(OCc2nc(C(N)CC(C)C)no2)c1. The van der Waals surface area contributed by atoms with Crippen LogP contribution in [0.3, 0.4) is 0 Å². The second kappa shape index (κ2) is 6.67. The first-order valence-electron chi connectivity index (χ1n) is 6.92. The molecule has 2 aromatic rings. The molecule has 0 fully saturated rings. The van der Waals surface area contributed by atoms with Crippen LogP contribution in [0.4, 0.5) is 4.39 Å². The van der Waals surface area contributed by atoms with E-state index in [4.69, 9.17) is 15.0 Å². The lowest BCUT2D eigenvalue weighted by molar-refractivity contribution is 0.233. The third kappa shape index (κ3) is 4.26. The summed E-state index contributed by atoms with van der Waals surface area (Å²) in [5.74, 6) is 0.926. The van der Waals surface area contributed by atoms with Crippen LogP contribution in [0.15, 0.2) is 22.7 Å². The van der Waals surface area contributed by atoms with Crippen molar-refractivity contribution in [3.63, 3.8) is 0 Å². The molecule has 6 heteroatoms. The summed E-state index contributed by atoms with van der Waals surface area (Å²) in [7, 11) is 0. The van der Waals surface area contributed by atoms with Gasteiger partial charge in [-0.25, -0.2) is 4.39 Å². The van der Waals surface area contributed by atoms with Crippen LogP contribution in [0.2, 0.25) is 0 Å². The highest BCUT2D eigenvalue weighted by atomic mass is 19.1. The van der Waals surface area contributed by atoms with Crippen molar-refractivity contribution in [3.8, 4) is 5.75 Å². The van der Waals surface area contributed by atoms with Crippen LogP contribution in [0, 0.1) is 18.7 Å². The van der Waals surface area contributed by atoms with Gasteiger partial charge in [-0.15, -0.1) is 0 Å². The Balaban J connectivity index is 1.98. The minimum Gasteiger partial charge on any atom is -0.481 e. The summed E-state index contributed by atoms with van der Waals surface area (Å²) in [5.41, 5.74) is 6.89. The zero-order chi connectivity index (χ0) is 15.4. The van der Waals surface area contributed by atoms with E-state index in [2.05, 4.69) is 24.0 Å². The Bertz CT molecular complexity index is 598. The number of halogens is 1. The van der Waals surface area contributed by atoms with Crippen molar-refractivity contribution in [1.29, 1.82) is 0 Å². The molecule has 0 saturated carbocycles. The number of hydrogen-bond acceptors (Lipinski definition) is 5. The van der Waals surface area contributed by atoms with Gasteiger partial charge in [-0.05, 0) is 37.0 Å². The van der Waals surface area contributed by atoms with E-state index in [0.717, 1.165) is 12.0 Å². The maximum Gasteiger partial charge on any atom is 0.264 e. The highest BCUT2D eigenvalue weighted by molar-refractivity contribution is 5.29. The Kier molecular flexibility index (Phi) is 4.90. The van der Waals surface area contributed by atoms with E-state index in [-0.39, 0.29) is 24.3 Å². The molecule has 0 amide bonds. The van der Waals surface area contributed by atoms with Crippen LogP contribution in [0.5, 0.6) is 5.75 Å². The summed E-state index contributed by atoms with van der Waals surface area (Å²) in [6, 6.07) is 4.40. The Labute approximate surface area is 123 Å². The van der Waals surface area contributed by atoms with Crippen molar-refractivity contribution in [1.82, 2.24) is 10.1 Å². The smallest absolute Gasteiger partial charge is 0.264 e. The number of ether oxygens (including phenoxy) is 1. The summed E-state index contributed by atoms with van der Waals surface area (Å²) in [6.45, 7) is 6.03. The number of aromatic nitrogens is 2. The Morgan fingerprint density at radius 3 is 2.86 bits per heavy atom. The van der Waals surface area contributed by atoms with Gasteiger partial charge < -0.3 is 15.0 Å². The zero-order valence-corrected chi connectivity index (χ0v) is 12.5. The van der Waals surface area contributed by atoms with E-state index in [1.165, 1.54) is 6.07 Å². The van der Waals surface area contributed by atoms with Crippen molar-refractivity contribution in [2.45, 2.75) is 39.8 Å². The van der Waals surface area contributed by atoms with E-state index in [1.807, 2.05) is 6.92 Å². The van der Waals surface area contributed by atoms with E-state index in [9.17, 15) is 4.39 Å². The first kappa shape index (κ1) is 15.4. The van der Waals surface area contributed by atoms with E-state index < -0.39 is 5.82 Å². The number of benzene rings is 1. The fraction of sp³-hybridized carbons (Fsp3) is 0.467. The average Bonchev–Trinajstić information content (AvgIpc) is 2.88. The second-order valence-corrected chi connectivity index (χ2v) is 5.50. The molecule has 5 nitrogen and oxygen atoms in total. The molecule has 0 bridgehead atoms. The summed E-state index contributed by atoms with van der Waals surface area (Å²) < 4.78 is 24.0. The average molecular weight is 293 g/mol. The van der Waals surface area contributed by atoms with Gasteiger partial charge in [0.25, 0.3) is 5.89 Å². The van der Waals surface area contributed by atoms with E-state index in [0.29, 0.717) is 11.7 Å². The molecule has 0 aliphatic heterocycles. The largest absolute Gasteiger partial charge is 0.481 e. The molecule has 1 aromatic carbocycles. The Morgan fingerprint density at radius 1 is 1.38 bits per heavy atom. The first-order valence-corrected chi connectivity index (χ1v) is 6.92. The molecular formula is C15H20FN3O2. The van der Waals surface area contributed by atoms with Gasteiger partial charge in [0.05, 0.1) is 6.04 Å². The van der Waals surface area contributed by atoms with Gasteiger partial charge >= 0.3 is 0 Å². The summed E-state index contributed by atoms with van der Waals surface area (Å²) in [5, 5.41) is 3.84. The van der Waals surface area contributed by atoms with Gasteiger partial charge in [0.15, 0.2) is 24.0 Å². The highest BCUT2D eigenvalue weighted by Gasteiger charge is 2.16. The predicted molar refractivity (Wildman–Crippen MR) is 76.2 cm³/mol. The van der Waals surface area contributed by atoms with Crippen LogP contribution in [0.25, 0.3) is 0 Å². The minimum atomic E-state index is -0.420. The van der Waals surface area contributed by atoms with Crippen molar-refractivity contribution >= 4 is 0 Å². The van der Waals surface area contributed by atoms with Gasteiger partial charge in [-0.2, -0.15) is 4.98 Å². The molecule has 21 heavy (non-hydrogen) atoms. The van der Waals surface area contributed by atoms with Crippen LogP contribution in [0.1, 0.15) is 43.6 Å². The van der Waals surface area contributed by atoms with Crippen molar-refractivity contribution in [2.24, 2.45) is 11.7 Å². The highest BCUT2D eigenvalue weighted by Crippen LogP contribution is 2.20. The van der Waals surface area contributed by atoms with Crippen molar-refractivity contribution in [3.05, 3.63) is 41.3 Å². The molecule has 2 rings (SSSR count). The first-order chi connectivity index (χ1) is 9.95. The molecule has 0 radical (unpaired) electrons. The number of aryl methyl sites for hydroxylation is 1. The van der Waals surface area contributed by atoms with Gasteiger partial charge in [0.2, 0.25) is 0 Å². The van der Waals surface area contributed by atoms with Gasteiger partial charge in [0, 0.05) is 0 Å². The molecule has 0 saturated heterocycles. The predicted octanol–water partition coefficient (Wildman–Crippen LogP) is 3.14.